The van der Waals surface area contributed by atoms with Gasteiger partial charge >= 0.3 is 5.97 Å². The number of phenolic OH excluding ortho intramolecular Hbond substituents is 1. The number of benzene rings is 2. The van der Waals surface area contributed by atoms with Crippen LogP contribution in [-0.2, 0) is 16.6 Å². The molecule has 0 radical (unpaired) electrons. The number of nitrogens with zero attached hydrogens (tertiary/aromatic N) is 3. The van der Waals surface area contributed by atoms with E-state index in [0.717, 1.165) is 11.1 Å². The molecule has 0 aliphatic heterocycles. The van der Waals surface area contributed by atoms with Crippen molar-refractivity contribution in [1.29, 1.82) is 0 Å². The smallest absolute Gasteiger partial charge is 0.330 e. The van der Waals surface area contributed by atoms with Gasteiger partial charge in [-0.25, -0.2) is 4.79 Å². The maximum Gasteiger partial charge on any atom is 0.330 e. The zero-order chi connectivity index (χ0) is 19.1. The maximum absolute atomic E-state index is 11.8. The molecule has 2 N–H and O–H groups in total. The first-order chi connectivity index (χ1) is 12.1. The summed E-state index contributed by atoms with van der Waals surface area (Å²) in [6.07, 6.45) is 0.202. The summed E-state index contributed by atoms with van der Waals surface area (Å²) >= 11 is 5.96. The van der Waals surface area contributed by atoms with E-state index in [2.05, 4.69) is 10.2 Å². The third kappa shape index (κ3) is 3.65. The van der Waals surface area contributed by atoms with Crippen LogP contribution in [-0.4, -0.2) is 31.2 Å². The van der Waals surface area contributed by atoms with Crippen molar-refractivity contribution in [2.45, 2.75) is 38.6 Å². The van der Waals surface area contributed by atoms with E-state index in [1.807, 2.05) is 26.8 Å². The Kier molecular flexibility index (Phi) is 4.63. The monoisotopic (exact) mass is 373 g/mol. The standard InChI is InChI=1S/C19H20ClN3O3/c1-19(2,3)13-8-11(4-7-17(13)24)9-16(18(25)26)23-21-14-6-5-12(20)10-15(14)22-23/h4-8,10,16,24H,9H2,1-3H3,(H,25,26). The number of fused-ring (bicyclic) bond motifs is 1. The average Bonchev–Trinajstić information content (AvgIpc) is 2.95. The van der Waals surface area contributed by atoms with Crippen molar-refractivity contribution < 1.29 is 15.0 Å². The van der Waals surface area contributed by atoms with Crippen molar-refractivity contribution in [3.8, 4) is 5.75 Å². The molecular weight excluding hydrogens is 354 g/mol. The number of rotatable bonds is 4. The van der Waals surface area contributed by atoms with E-state index in [4.69, 9.17) is 11.6 Å². The Morgan fingerprint density at radius 3 is 2.50 bits per heavy atom. The van der Waals surface area contributed by atoms with E-state index in [1.165, 1.54) is 4.80 Å². The van der Waals surface area contributed by atoms with Gasteiger partial charge in [-0.2, -0.15) is 15.0 Å². The number of hydrogen-bond acceptors (Lipinski definition) is 4. The van der Waals surface area contributed by atoms with Crippen LogP contribution in [0.4, 0.5) is 0 Å². The molecule has 0 aliphatic rings. The summed E-state index contributed by atoms with van der Waals surface area (Å²) in [5, 5.41) is 28.8. The molecule has 0 bridgehead atoms. The summed E-state index contributed by atoms with van der Waals surface area (Å²) in [7, 11) is 0. The molecule has 136 valence electrons. The molecule has 3 aromatic rings. The fourth-order valence-electron chi connectivity index (χ4n) is 2.85. The Bertz CT molecular complexity index is 976. The summed E-state index contributed by atoms with van der Waals surface area (Å²) < 4.78 is 0. The topological polar surface area (TPSA) is 88.2 Å². The van der Waals surface area contributed by atoms with Gasteiger partial charge in [-0.3, -0.25) is 0 Å². The van der Waals surface area contributed by atoms with Crippen LogP contribution in [0.2, 0.25) is 5.02 Å². The number of hydrogen-bond donors (Lipinski definition) is 2. The number of carboxylic acids is 1. The fraction of sp³-hybridized carbons (Fsp3) is 0.316. The molecule has 0 spiro atoms. The highest BCUT2D eigenvalue weighted by molar-refractivity contribution is 6.31. The molecule has 0 amide bonds. The quantitative estimate of drug-likeness (QED) is 0.722. The maximum atomic E-state index is 11.8. The molecule has 26 heavy (non-hydrogen) atoms. The van der Waals surface area contributed by atoms with E-state index < -0.39 is 12.0 Å². The second kappa shape index (κ2) is 6.61. The molecule has 0 fully saturated rings. The summed E-state index contributed by atoms with van der Waals surface area (Å²) in [5.74, 6) is -0.826. The number of aromatic hydroxyl groups is 1. The number of aliphatic carboxylic acids is 1. The average molecular weight is 374 g/mol. The molecule has 2 aromatic carbocycles. The second-order valence-electron chi connectivity index (χ2n) is 7.31. The van der Waals surface area contributed by atoms with Gasteiger partial charge in [0.25, 0.3) is 0 Å². The van der Waals surface area contributed by atoms with Crippen molar-refractivity contribution in [3.63, 3.8) is 0 Å². The molecule has 7 heteroatoms. The molecular formula is C19H20ClN3O3. The largest absolute Gasteiger partial charge is 0.508 e. The Hall–Kier alpha value is -2.60. The normalized spacial score (nSPS) is 13.1. The number of carbonyl (C=O) groups is 1. The van der Waals surface area contributed by atoms with Gasteiger partial charge < -0.3 is 10.2 Å². The summed E-state index contributed by atoms with van der Waals surface area (Å²) in [4.78, 5) is 13.0. The number of phenols is 1. The van der Waals surface area contributed by atoms with Crippen LogP contribution in [0.3, 0.4) is 0 Å². The van der Waals surface area contributed by atoms with Gasteiger partial charge in [0.2, 0.25) is 0 Å². The van der Waals surface area contributed by atoms with Gasteiger partial charge in [-0.15, -0.1) is 0 Å². The predicted molar refractivity (Wildman–Crippen MR) is 99.7 cm³/mol. The highest BCUT2D eigenvalue weighted by Gasteiger charge is 2.25. The van der Waals surface area contributed by atoms with Crippen LogP contribution < -0.4 is 0 Å². The minimum atomic E-state index is -1.03. The van der Waals surface area contributed by atoms with Crippen LogP contribution in [0.15, 0.2) is 36.4 Å². The Morgan fingerprint density at radius 1 is 1.15 bits per heavy atom. The van der Waals surface area contributed by atoms with Gasteiger partial charge in [0.15, 0.2) is 6.04 Å². The first-order valence-corrected chi connectivity index (χ1v) is 8.60. The lowest BCUT2D eigenvalue weighted by atomic mass is 9.85. The SMILES string of the molecule is CC(C)(C)c1cc(CC(C(=O)O)n2nc3ccc(Cl)cc3n2)ccc1O. The molecule has 0 saturated heterocycles. The van der Waals surface area contributed by atoms with E-state index in [-0.39, 0.29) is 17.6 Å². The first kappa shape index (κ1) is 18.2. The predicted octanol–water partition coefficient (Wildman–Crippen LogP) is 3.96. The van der Waals surface area contributed by atoms with Gasteiger partial charge in [0.1, 0.15) is 16.8 Å². The van der Waals surface area contributed by atoms with E-state index in [9.17, 15) is 15.0 Å². The molecule has 0 aliphatic carbocycles. The van der Waals surface area contributed by atoms with E-state index in [0.29, 0.717) is 16.1 Å². The zero-order valence-electron chi connectivity index (χ0n) is 14.8. The second-order valence-corrected chi connectivity index (χ2v) is 7.75. The van der Waals surface area contributed by atoms with Crippen LogP contribution in [0, 0.1) is 0 Å². The third-order valence-electron chi connectivity index (χ3n) is 4.22. The lowest BCUT2D eigenvalue weighted by Gasteiger charge is -2.22. The summed E-state index contributed by atoms with van der Waals surface area (Å²) in [6, 6.07) is 9.25. The molecule has 6 nitrogen and oxygen atoms in total. The number of halogens is 1. The van der Waals surface area contributed by atoms with Crippen molar-refractivity contribution in [2.75, 3.05) is 0 Å². The molecule has 0 saturated carbocycles. The molecule has 1 aromatic heterocycles. The molecule has 3 rings (SSSR count). The highest BCUT2D eigenvalue weighted by atomic mass is 35.5. The summed E-state index contributed by atoms with van der Waals surface area (Å²) in [5.41, 5.74) is 2.43. The van der Waals surface area contributed by atoms with Crippen molar-refractivity contribution in [2.24, 2.45) is 0 Å². The minimum absolute atomic E-state index is 0.200. The van der Waals surface area contributed by atoms with Crippen molar-refractivity contribution >= 4 is 28.6 Å². The summed E-state index contributed by atoms with van der Waals surface area (Å²) in [6.45, 7) is 5.98. The Morgan fingerprint density at radius 2 is 1.85 bits per heavy atom. The third-order valence-corrected chi connectivity index (χ3v) is 4.45. The Labute approximate surface area is 156 Å². The lowest BCUT2D eigenvalue weighted by molar-refractivity contribution is -0.141. The molecule has 1 unspecified atom stereocenters. The van der Waals surface area contributed by atoms with Crippen LogP contribution >= 0.6 is 11.6 Å². The van der Waals surface area contributed by atoms with E-state index >= 15 is 0 Å². The van der Waals surface area contributed by atoms with Gasteiger partial charge in [0, 0.05) is 11.4 Å². The van der Waals surface area contributed by atoms with Crippen LogP contribution in [0.5, 0.6) is 5.75 Å². The van der Waals surface area contributed by atoms with E-state index in [1.54, 1.807) is 30.3 Å². The van der Waals surface area contributed by atoms with Gasteiger partial charge in [-0.1, -0.05) is 44.5 Å². The highest BCUT2D eigenvalue weighted by Crippen LogP contribution is 2.32. The Balaban J connectivity index is 1.97. The lowest BCUT2D eigenvalue weighted by Crippen LogP contribution is -2.24. The molecule has 1 heterocycles. The molecule has 1 atom stereocenters. The van der Waals surface area contributed by atoms with Gasteiger partial charge in [-0.05, 0) is 40.8 Å². The van der Waals surface area contributed by atoms with Crippen molar-refractivity contribution in [3.05, 3.63) is 52.5 Å². The number of aromatic nitrogens is 3. The minimum Gasteiger partial charge on any atom is -0.508 e. The van der Waals surface area contributed by atoms with Crippen LogP contribution in [0.25, 0.3) is 11.0 Å². The number of carboxylic acid groups (broad SMARTS) is 1. The zero-order valence-corrected chi connectivity index (χ0v) is 15.5. The fourth-order valence-corrected chi connectivity index (χ4v) is 3.01. The van der Waals surface area contributed by atoms with Crippen molar-refractivity contribution in [1.82, 2.24) is 15.0 Å². The van der Waals surface area contributed by atoms with Crippen LogP contribution in [0.1, 0.15) is 37.9 Å². The van der Waals surface area contributed by atoms with Gasteiger partial charge in [0.05, 0.1) is 0 Å². The first-order valence-electron chi connectivity index (χ1n) is 8.22.